The summed E-state index contributed by atoms with van der Waals surface area (Å²) in [7, 11) is 0. The van der Waals surface area contributed by atoms with Gasteiger partial charge in [0.05, 0.1) is 0 Å². The van der Waals surface area contributed by atoms with E-state index in [2.05, 4.69) is 10.7 Å². The standard InChI is InChI=1S/C15H21N3O2/c19-14(20-10-13-4-2-1-3-5-13)17-18-11-15(12-18)6-8-16-9-7-15/h1-5,16H,6-12H2,(H,17,19). The highest BCUT2D eigenvalue weighted by Gasteiger charge is 2.44. The van der Waals surface area contributed by atoms with E-state index in [4.69, 9.17) is 4.74 Å². The molecule has 2 N–H and O–H groups in total. The lowest BCUT2D eigenvalue weighted by molar-refractivity contribution is -0.0549. The van der Waals surface area contributed by atoms with Gasteiger partial charge in [0.1, 0.15) is 6.61 Å². The van der Waals surface area contributed by atoms with E-state index in [0.717, 1.165) is 31.7 Å². The molecule has 0 radical (unpaired) electrons. The SMILES string of the molecule is O=C(NN1CC2(CCNCC2)C1)OCc1ccccc1. The van der Waals surface area contributed by atoms with E-state index in [9.17, 15) is 4.79 Å². The van der Waals surface area contributed by atoms with Gasteiger partial charge in [-0.05, 0) is 31.5 Å². The first-order chi connectivity index (χ1) is 9.76. The monoisotopic (exact) mass is 275 g/mol. The highest BCUT2D eigenvalue weighted by atomic mass is 16.6. The Labute approximate surface area is 119 Å². The maximum Gasteiger partial charge on any atom is 0.422 e. The molecule has 0 unspecified atom stereocenters. The quantitative estimate of drug-likeness (QED) is 0.878. The molecule has 0 atom stereocenters. The summed E-state index contributed by atoms with van der Waals surface area (Å²) >= 11 is 0. The number of hydrogen-bond acceptors (Lipinski definition) is 4. The van der Waals surface area contributed by atoms with Gasteiger partial charge in [-0.25, -0.2) is 9.80 Å². The molecule has 0 aliphatic carbocycles. The largest absolute Gasteiger partial charge is 0.444 e. The van der Waals surface area contributed by atoms with Crippen LogP contribution in [0.1, 0.15) is 18.4 Å². The van der Waals surface area contributed by atoms with Crippen LogP contribution in [0.5, 0.6) is 0 Å². The molecule has 20 heavy (non-hydrogen) atoms. The number of rotatable bonds is 3. The van der Waals surface area contributed by atoms with Gasteiger partial charge in [-0.2, -0.15) is 0 Å². The van der Waals surface area contributed by atoms with Gasteiger partial charge in [0.2, 0.25) is 0 Å². The lowest BCUT2D eigenvalue weighted by Crippen LogP contribution is -2.64. The molecular weight excluding hydrogens is 254 g/mol. The van der Waals surface area contributed by atoms with Crippen LogP contribution in [0, 0.1) is 5.41 Å². The van der Waals surface area contributed by atoms with Crippen molar-refractivity contribution in [1.29, 1.82) is 0 Å². The third-order valence-corrected chi connectivity index (χ3v) is 4.18. The van der Waals surface area contributed by atoms with Gasteiger partial charge in [0.15, 0.2) is 0 Å². The molecule has 0 bridgehead atoms. The highest BCUT2D eigenvalue weighted by Crippen LogP contribution is 2.37. The lowest BCUT2D eigenvalue weighted by Gasteiger charge is -2.51. The predicted octanol–water partition coefficient (Wildman–Crippen LogP) is 1.51. The van der Waals surface area contributed by atoms with E-state index in [-0.39, 0.29) is 6.09 Å². The van der Waals surface area contributed by atoms with Gasteiger partial charge < -0.3 is 10.1 Å². The van der Waals surface area contributed by atoms with Gasteiger partial charge >= 0.3 is 6.09 Å². The van der Waals surface area contributed by atoms with Crippen LogP contribution in [0.4, 0.5) is 4.79 Å². The molecule has 2 aliphatic heterocycles. The second-order valence-electron chi connectivity index (χ2n) is 5.78. The fourth-order valence-corrected chi connectivity index (χ4v) is 3.00. The first-order valence-corrected chi connectivity index (χ1v) is 7.19. The molecule has 5 heteroatoms. The number of hydrazine groups is 1. The summed E-state index contributed by atoms with van der Waals surface area (Å²) in [6.07, 6.45) is 2.03. The molecule has 0 aromatic heterocycles. The number of benzene rings is 1. The molecule has 1 spiro atoms. The van der Waals surface area contributed by atoms with Crippen LogP contribution < -0.4 is 10.7 Å². The van der Waals surface area contributed by atoms with Crippen molar-refractivity contribution in [2.45, 2.75) is 19.4 Å². The molecule has 2 fully saturated rings. The minimum atomic E-state index is -0.363. The number of nitrogens with one attached hydrogen (secondary N) is 2. The number of carbonyl (C=O) groups excluding carboxylic acids is 1. The minimum absolute atomic E-state index is 0.315. The summed E-state index contributed by atoms with van der Waals surface area (Å²) in [6.45, 7) is 4.37. The zero-order valence-corrected chi connectivity index (χ0v) is 11.6. The van der Waals surface area contributed by atoms with Gasteiger partial charge in [0.25, 0.3) is 0 Å². The fourth-order valence-electron chi connectivity index (χ4n) is 3.00. The molecule has 1 amide bonds. The summed E-state index contributed by atoms with van der Waals surface area (Å²) < 4.78 is 5.21. The molecule has 1 aromatic rings. The zero-order chi connectivity index (χ0) is 13.8. The van der Waals surface area contributed by atoms with Crippen molar-refractivity contribution in [2.75, 3.05) is 26.2 Å². The van der Waals surface area contributed by atoms with Crippen molar-refractivity contribution in [2.24, 2.45) is 5.41 Å². The molecule has 5 nitrogen and oxygen atoms in total. The summed E-state index contributed by atoms with van der Waals surface area (Å²) in [5, 5.41) is 5.33. The van der Waals surface area contributed by atoms with Gasteiger partial charge in [-0.3, -0.25) is 5.43 Å². The Balaban J connectivity index is 1.38. The first kappa shape index (κ1) is 13.4. The van der Waals surface area contributed by atoms with E-state index in [0.29, 0.717) is 12.0 Å². The van der Waals surface area contributed by atoms with Crippen molar-refractivity contribution < 1.29 is 9.53 Å². The summed E-state index contributed by atoms with van der Waals surface area (Å²) in [4.78, 5) is 11.7. The molecule has 3 rings (SSSR count). The van der Waals surface area contributed by atoms with E-state index in [1.165, 1.54) is 12.8 Å². The van der Waals surface area contributed by atoms with Crippen molar-refractivity contribution >= 4 is 6.09 Å². The van der Waals surface area contributed by atoms with Gasteiger partial charge in [0, 0.05) is 18.5 Å². The van der Waals surface area contributed by atoms with Crippen LogP contribution >= 0.6 is 0 Å². The summed E-state index contributed by atoms with van der Waals surface area (Å²) in [5.41, 5.74) is 4.23. The fraction of sp³-hybridized carbons (Fsp3) is 0.533. The average molecular weight is 275 g/mol. The summed E-state index contributed by atoms with van der Waals surface area (Å²) in [5.74, 6) is 0. The second kappa shape index (κ2) is 5.81. The van der Waals surface area contributed by atoms with E-state index in [1.54, 1.807) is 0 Å². The van der Waals surface area contributed by atoms with Crippen LogP contribution in [0.2, 0.25) is 0 Å². The molecular formula is C15H21N3O2. The van der Waals surface area contributed by atoms with Crippen molar-refractivity contribution in [3.05, 3.63) is 35.9 Å². The van der Waals surface area contributed by atoms with Gasteiger partial charge in [-0.15, -0.1) is 0 Å². The van der Waals surface area contributed by atoms with Crippen LogP contribution in [0.3, 0.4) is 0 Å². The lowest BCUT2D eigenvalue weighted by atomic mass is 9.73. The topological polar surface area (TPSA) is 53.6 Å². The van der Waals surface area contributed by atoms with E-state index < -0.39 is 0 Å². The Bertz CT molecular complexity index is 449. The van der Waals surface area contributed by atoms with Crippen LogP contribution in [-0.2, 0) is 11.3 Å². The maximum absolute atomic E-state index is 11.7. The van der Waals surface area contributed by atoms with Crippen LogP contribution in [0.25, 0.3) is 0 Å². The molecule has 0 saturated carbocycles. The Morgan fingerprint density at radius 3 is 2.65 bits per heavy atom. The molecule has 2 heterocycles. The number of nitrogens with zero attached hydrogens (tertiary/aromatic N) is 1. The second-order valence-corrected chi connectivity index (χ2v) is 5.78. The highest BCUT2D eigenvalue weighted by molar-refractivity contribution is 5.66. The third-order valence-electron chi connectivity index (χ3n) is 4.18. The molecule has 108 valence electrons. The normalized spacial score (nSPS) is 21.2. The number of carbonyl (C=O) groups is 1. The van der Waals surface area contributed by atoms with Crippen molar-refractivity contribution in [3.8, 4) is 0 Å². The Hall–Kier alpha value is -1.59. The molecule has 2 aliphatic rings. The van der Waals surface area contributed by atoms with Crippen LogP contribution in [0.15, 0.2) is 30.3 Å². The third kappa shape index (κ3) is 3.11. The first-order valence-electron chi connectivity index (χ1n) is 7.19. The van der Waals surface area contributed by atoms with Crippen LogP contribution in [-0.4, -0.2) is 37.3 Å². The predicted molar refractivity (Wildman–Crippen MR) is 75.9 cm³/mol. The number of ether oxygens (including phenoxy) is 1. The number of piperidine rings is 1. The van der Waals surface area contributed by atoms with E-state index >= 15 is 0 Å². The minimum Gasteiger partial charge on any atom is -0.444 e. The average Bonchev–Trinajstić information content (AvgIpc) is 2.46. The Morgan fingerprint density at radius 1 is 1.25 bits per heavy atom. The summed E-state index contributed by atoms with van der Waals surface area (Å²) in [6, 6.07) is 9.71. The van der Waals surface area contributed by atoms with Crippen molar-refractivity contribution in [1.82, 2.24) is 15.8 Å². The maximum atomic E-state index is 11.7. The number of hydrogen-bond donors (Lipinski definition) is 2. The Morgan fingerprint density at radius 2 is 1.95 bits per heavy atom. The van der Waals surface area contributed by atoms with Crippen molar-refractivity contribution in [3.63, 3.8) is 0 Å². The molecule has 2 saturated heterocycles. The Kier molecular flexibility index (Phi) is 3.89. The smallest absolute Gasteiger partial charge is 0.422 e. The van der Waals surface area contributed by atoms with Gasteiger partial charge in [-0.1, -0.05) is 30.3 Å². The van der Waals surface area contributed by atoms with E-state index in [1.807, 2.05) is 35.3 Å². The zero-order valence-electron chi connectivity index (χ0n) is 11.6. The molecule has 1 aromatic carbocycles. The number of amides is 1.